The topological polar surface area (TPSA) is 58.8 Å². The van der Waals surface area contributed by atoms with Crippen molar-refractivity contribution in [1.82, 2.24) is 14.8 Å². The lowest BCUT2D eigenvalue weighted by molar-refractivity contribution is -0.130. The Kier molecular flexibility index (Phi) is 4.81. The van der Waals surface area contributed by atoms with E-state index in [9.17, 15) is 4.79 Å². The lowest BCUT2D eigenvalue weighted by Crippen LogP contribution is -2.47. The summed E-state index contributed by atoms with van der Waals surface area (Å²) in [6, 6.07) is 13.9. The third kappa shape index (κ3) is 3.66. The molecule has 0 unspecified atom stereocenters. The maximum atomic E-state index is 11.5. The van der Waals surface area contributed by atoms with Crippen LogP contribution in [0.1, 0.15) is 12.5 Å². The first-order chi connectivity index (χ1) is 13.1. The number of methoxy groups -OCH3 is 1. The molecule has 140 valence electrons. The zero-order valence-corrected chi connectivity index (χ0v) is 15.6. The van der Waals surface area contributed by atoms with Crippen molar-refractivity contribution in [2.75, 3.05) is 33.3 Å². The number of aromatic nitrogens is 1. The highest BCUT2D eigenvalue weighted by molar-refractivity contribution is 5.77. The maximum absolute atomic E-state index is 11.5. The first-order valence-electron chi connectivity index (χ1n) is 9.15. The summed E-state index contributed by atoms with van der Waals surface area (Å²) in [5, 5.41) is 0. The van der Waals surface area contributed by atoms with Crippen LogP contribution in [0.2, 0.25) is 0 Å². The molecule has 2 aromatic carbocycles. The number of benzene rings is 2. The van der Waals surface area contributed by atoms with E-state index in [0.717, 1.165) is 55.1 Å². The molecule has 1 aliphatic rings. The van der Waals surface area contributed by atoms with Crippen LogP contribution in [0.15, 0.2) is 46.9 Å². The third-order valence-electron chi connectivity index (χ3n) is 5.01. The summed E-state index contributed by atoms with van der Waals surface area (Å²) >= 11 is 0. The van der Waals surface area contributed by atoms with Gasteiger partial charge in [-0.3, -0.25) is 9.69 Å². The van der Waals surface area contributed by atoms with Crippen molar-refractivity contribution in [3.8, 4) is 17.2 Å². The average Bonchev–Trinajstić information content (AvgIpc) is 3.12. The summed E-state index contributed by atoms with van der Waals surface area (Å²) in [5.74, 6) is 1.46. The van der Waals surface area contributed by atoms with Gasteiger partial charge in [-0.2, -0.15) is 0 Å². The van der Waals surface area contributed by atoms with Crippen molar-refractivity contribution < 1.29 is 13.9 Å². The van der Waals surface area contributed by atoms with Crippen molar-refractivity contribution in [2.45, 2.75) is 13.5 Å². The number of piperazine rings is 1. The standard InChI is InChI=1S/C21H23N3O3/c1-15(25)24-11-9-23(10-12-24)14-16-7-8-19(26-2)17(13-16)21-22-18-5-3-4-6-20(18)27-21/h3-8,13H,9-12,14H2,1-2H3. The van der Waals surface area contributed by atoms with Crippen molar-refractivity contribution in [3.63, 3.8) is 0 Å². The molecular formula is C21H23N3O3. The summed E-state index contributed by atoms with van der Waals surface area (Å²) in [6.45, 7) is 5.77. The fourth-order valence-corrected chi connectivity index (χ4v) is 3.49. The van der Waals surface area contributed by atoms with Crippen LogP contribution >= 0.6 is 0 Å². The first kappa shape index (κ1) is 17.5. The van der Waals surface area contributed by atoms with Crippen molar-refractivity contribution >= 4 is 17.0 Å². The second kappa shape index (κ2) is 7.40. The van der Waals surface area contributed by atoms with Gasteiger partial charge < -0.3 is 14.1 Å². The number of fused-ring (bicyclic) bond motifs is 1. The molecule has 0 radical (unpaired) electrons. The summed E-state index contributed by atoms with van der Waals surface area (Å²) in [7, 11) is 1.65. The number of carbonyl (C=O) groups excluding carboxylic acids is 1. The predicted molar refractivity (Wildman–Crippen MR) is 104 cm³/mol. The number of ether oxygens (including phenoxy) is 1. The smallest absolute Gasteiger partial charge is 0.231 e. The van der Waals surface area contributed by atoms with Crippen molar-refractivity contribution in [2.24, 2.45) is 0 Å². The minimum Gasteiger partial charge on any atom is -0.496 e. The number of carbonyl (C=O) groups is 1. The highest BCUT2D eigenvalue weighted by Gasteiger charge is 2.20. The van der Waals surface area contributed by atoms with Gasteiger partial charge in [-0.15, -0.1) is 0 Å². The number of rotatable bonds is 4. The molecule has 4 rings (SSSR count). The van der Waals surface area contributed by atoms with Gasteiger partial charge >= 0.3 is 0 Å². The summed E-state index contributed by atoms with van der Waals surface area (Å²) < 4.78 is 11.5. The molecule has 1 amide bonds. The second-order valence-electron chi connectivity index (χ2n) is 6.80. The quantitative estimate of drug-likeness (QED) is 0.711. The third-order valence-corrected chi connectivity index (χ3v) is 5.01. The number of hydrogen-bond donors (Lipinski definition) is 0. The SMILES string of the molecule is COc1ccc(CN2CCN(C(C)=O)CC2)cc1-c1nc2ccccc2o1. The number of para-hydroxylation sites is 2. The minimum absolute atomic E-state index is 0.150. The van der Waals surface area contributed by atoms with E-state index in [-0.39, 0.29) is 5.91 Å². The number of amides is 1. The highest BCUT2D eigenvalue weighted by atomic mass is 16.5. The van der Waals surface area contributed by atoms with Gasteiger partial charge in [-0.25, -0.2) is 4.98 Å². The predicted octanol–water partition coefficient (Wildman–Crippen LogP) is 3.17. The van der Waals surface area contributed by atoms with Crippen molar-refractivity contribution in [3.05, 3.63) is 48.0 Å². The molecule has 0 bridgehead atoms. The Balaban J connectivity index is 1.57. The van der Waals surface area contributed by atoms with Crippen LogP contribution in [0.25, 0.3) is 22.6 Å². The van der Waals surface area contributed by atoms with E-state index in [0.29, 0.717) is 5.89 Å². The number of hydrogen-bond acceptors (Lipinski definition) is 5. The molecule has 3 aromatic rings. The Bertz CT molecular complexity index is 925. The normalized spacial score (nSPS) is 15.3. The van der Waals surface area contributed by atoms with Gasteiger partial charge in [0.25, 0.3) is 0 Å². The molecule has 1 aliphatic heterocycles. The molecule has 6 heteroatoms. The van der Waals surface area contributed by atoms with Crippen LogP contribution < -0.4 is 4.74 Å². The van der Waals surface area contributed by atoms with Crippen LogP contribution in [-0.4, -0.2) is 54.0 Å². The molecule has 1 fully saturated rings. The molecule has 0 spiro atoms. The Morgan fingerprint density at radius 1 is 1.15 bits per heavy atom. The summed E-state index contributed by atoms with van der Waals surface area (Å²) in [5.41, 5.74) is 3.62. The van der Waals surface area contributed by atoms with Crippen LogP contribution in [0.4, 0.5) is 0 Å². The maximum Gasteiger partial charge on any atom is 0.231 e. The Morgan fingerprint density at radius 2 is 1.93 bits per heavy atom. The van der Waals surface area contributed by atoms with E-state index in [4.69, 9.17) is 9.15 Å². The fourth-order valence-electron chi connectivity index (χ4n) is 3.49. The molecule has 2 heterocycles. The van der Waals surface area contributed by atoms with Gasteiger partial charge in [0.05, 0.1) is 12.7 Å². The lowest BCUT2D eigenvalue weighted by atomic mass is 10.1. The van der Waals surface area contributed by atoms with E-state index >= 15 is 0 Å². The molecule has 6 nitrogen and oxygen atoms in total. The molecule has 0 N–H and O–H groups in total. The molecule has 0 atom stereocenters. The molecule has 27 heavy (non-hydrogen) atoms. The molecule has 0 aliphatic carbocycles. The highest BCUT2D eigenvalue weighted by Crippen LogP contribution is 2.33. The van der Waals surface area contributed by atoms with Gasteiger partial charge in [0.1, 0.15) is 11.3 Å². The van der Waals surface area contributed by atoms with Gasteiger partial charge in [0, 0.05) is 39.6 Å². The van der Waals surface area contributed by atoms with Crippen LogP contribution in [0.3, 0.4) is 0 Å². The Labute approximate surface area is 158 Å². The Hall–Kier alpha value is -2.86. The van der Waals surface area contributed by atoms with E-state index in [1.165, 1.54) is 5.56 Å². The fraction of sp³-hybridized carbons (Fsp3) is 0.333. The molecular weight excluding hydrogens is 342 g/mol. The lowest BCUT2D eigenvalue weighted by Gasteiger charge is -2.34. The van der Waals surface area contributed by atoms with Gasteiger partial charge in [-0.05, 0) is 29.8 Å². The Morgan fingerprint density at radius 3 is 2.63 bits per heavy atom. The van der Waals surface area contributed by atoms with E-state index in [2.05, 4.69) is 22.0 Å². The van der Waals surface area contributed by atoms with Crippen molar-refractivity contribution in [1.29, 1.82) is 0 Å². The zero-order chi connectivity index (χ0) is 18.8. The van der Waals surface area contributed by atoms with Crippen LogP contribution in [0.5, 0.6) is 5.75 Å². The van der Waals surface area contributed by atoms with Gasteiger partial charge in [0.15, 0.2) is 5.58 Å². The largest absolute Gasteiger partial charge is 0.496 e. The van der Waals surface area contributed by atoms with E-state index < -0.39 is 0 Å². The zero-order valence-electron chi connectivity index (χ0n) is 15.6. The van der Waals surface area contributed by atoms with Crippen LogP contribution in [0, 0.1) is 0 Å². The molecule has 1 aromatic heterocycles. The average molecular weight is 365 g/mol. The summed E-state index contributed by atoms with van der Waals surface area (Å²) in [4.78, 5) is 20.3. The summed E-state index contributed by atoms with van der Waals surface area (Å²) in [6.07, 6.45) is 0. The molecule has 0 saturated carbocycles. The molecule has 1 saturated heterocycles. The number of nitrogens with zero attached hydrogens (tertiary/aromatic N) is 3. The number of oxazole rings is 1. The van der Waals surface area contributed by atoms with E-state index in [1.54, 1.807) is 14.0 Å². The van der Waals surface area contributed by atoms with Gasteiger partial charge in [0.2, 0.25) is 11.8 Å². The second-order valence-corrected chi connectivity index (χ2v) is 6.80. The van der Waals surface area contributed by atoms with Crippen LogP contribution in [-0.2, 0) is 11.3 Å². The first-order valence-corrected chi connectivity index (χ1v) is 9.15. The minimum atomic E-state index is 0.150. The monoisotopic (exact) mass is 365 g/mol. The van der Waals surface area contributed by atoms with E-state index in [1.807, 2.05) is 35.2 Å². The van der Waals surface area contributed by atoms with Gasteiger partial charge in [-0.1, -0.05) is 18.2 Å².